The normalized spacial score (nSPS) is 15.1. The zero-order valence-corrected chi connectivity index (χ0v) is 16.4. The van der Waals surface area contributed by atoms with E-state index in [2.05, 4.69) is 0 Å². The Morgan fingerprint density at radius 3 is 2.50 bits per heavy atom. The van der Waals surface area contributed by atoms with E-state index in [9.17, 15) is 23.1 Å². The molecule has 2 heterocycles. The zero-order valence-electron chi connectivity index (χ0n) is 15.6. The molecule has 1 fully saturated rings. The van der Waals surface area contributed by atoms with Crippen LogP contribution in [0.25, 0.3) is 11.0 Å². The van der Waals surface area contributed by atoms with E-state index in [4.69, 9.17) is 20.8 Å². The third-order valence-electron chi connectivity index (χ3n) is 5.12. The molecule has 0 saturated carbocycles. The summed E-state index contributed by atoms with van der Waals surface area (Å²) in [6.07, 6.45) is -3.07. The van der Waals surface area contributed by atoms with Crippen molar-refractivity contribution in [2.75, 3.05) is 13.1 Å². The van der Waals surface area contributed by atoms with E-state index in [1.165, 1.54) is 30.3 Å². The number of rotatable bonds is 4. The van der Waals surface area contributed by atoms with E-state index < -0.39 is 28.9 Å². The van der Waals surface area contributed by atoms with Crippen LogP contribution in [0.2, 0.25) is 5.02 Å². The molecule has 0 atom stereocenters. The highest BCUT2D eigenvalue weighted by Crippen LogP contribution is 2.40. The van der Waals surface area contributed by atoms with Crippen LogP contribution in [0, 0.1) is 0 Å². The molecule has 1 aliphatic heterocycles. The molecular formula is C21H17ClF3NO4. The summed E-state index contributed by atoms with van der Waals surface area (Å²) >= 11 is 5.97. The van der Waals surface area contributed by atoms with Crippen LogP contribution in [0.15, 0.2) is 45.6 Å². The van der Waals surface area contributed by atoms with Crippen LogP contribution < -0.4 is 20.2 Å². The highest BCUT2D eigenvalue weighted by Gasteiger charge is 2.41. The molecule has 1 aromatic heterocycles. The third-order valence-corrected chi connectivity index (χ3v) is 5.43. The average Bonchev–Trinajstić information content (AvgIpc) is 3.20. The molecule has 0 aliphatic carbocycles. The lowest BCUT2D eigenvalue weighted by molar-refractivity contribution is -0.901. The quantitative estimate of drug-likeness (QED) is 0.675. The molecule has 4 rings (SSSR count). The van der Waals surface area contributed by atoms with Gasteiger partial charge in [0, 0.05) is 18.4 Å². The number of hydrogen-bond donors (Lipinski definition) is 1. The smallest absolute Gasteiger partial charge is 0.453 e. The van der Waals surface area contributed by atoms with Gasteiger partial charge in [0.2, 0.25) is 11.2 Å². The molecule has 9 heteroatoms. The standard InChI is InChI=1S/C21H17ClF3NO4/c22-14-5-1-2-6-16(14)29-19-17(28)12-7-8-15(27)13(11-26-9-3-4-10-26)18(12)30-20(19)21(23,24)25/h1-2,5-8,27H,3-4,9-11H2. The molecule has 158 valence electrons. The molecular weight excluding hydrogens is 423 g/mol. The summed E-state index contributed by atoms with van der Waals surface area (Å²) in [6.45, 7) is 1.81. The van der Waals surface area contributed by atoms with E-state index in [-0.39, 0.29) is 33.8 Å². The first-order valence-electron chi connectivity index (χ1n) is 9.38. The number of para-hydroxylation sites is 1. The van der Waals surface area contributed by atoms with Crippen LogP contribution in [-0.4, -0.2) is 13.1 Å². The van der Waals surface area contributed by atoms with Gasteiger partial charge in [0.05, 0.1) is 23.5 Å². The summed E-state index contributed by atoms with van der Waals surface area (Å²) in [5, 5.41) is 12.3. The highest BCUT2D eigenvalue weighted by molar-refractivity contribution is 6.32. The van der Waals surface area contributed by atoms with Gasteiger partial charge in [-0.25, -0.2) is 0 Å². The number of ether oxygens (including phenoxy) is 1. The monoisotopic (exact) mass is 439 g/mol. The molecule has 1 N–H and O–H groups in total. The fourth-order valence-electron chi connectivity index (χ4n) is 3.66. The first-order valence-corrected chi connectivity index (χ1v) is 9.76. The van der Waals surface area contributed by atoms with Crippen LogP contribution in [0.4, 0.5) is 13.2 Å². The molecule has 0 unspecified atom stereocenters. The predicted octanol–water partition coefficient (Wildman–Crippen LogP) is 3.51. The molecule has 1 saturated heterocycles. The van der Waals surface area contributed by atoms with Gasteiger partial charge in [0.25, 0.3) is 5.76 Å². The van der Waals surface area contributed by atoms with E-state index in [0.29, 0.717) is 0 Å². The van der Waals surface area contributed by atoms with Crippen LogP contribution in [0.3, 0.4) is 0 Å². The summed E-state index contributed by atoms with van der Waals surface area (Å²) in [4.78, 5) is 14.0. The molecule has 0 bridgehead atoms. The molecule has 2 aromatic carbocycles. The first-order chi connectivity index (χ1) is 14.3. The van der Waals surface area contributed by atoms with Crippen molar-refractivity contribution in [3.8, 4) is 17.2 Å². The fourth-order valence-corrected chi connectivity index (χ4v) is 3.84. The molecule has 1 aliphatic rings. The Morgan fingerprint density at radius 1 is 1.13 bits per heavy atom. The van der Waals surface area contributed by atoms with Crippen molar-refractivity contribution in [1.29, 1.82) is 0 Å². The molecule has 30 heavy (non-hydrogen) atoms. The van der Waals surface area contributed by atoms with Gasteiger partial charge in [0.1, 0.15) is 17.9 Å². The molecule has 0 radical (unpaired) electrons. The Kier molecular flexibility index (Phi) is 5.38. The van der Waals surface area contributed by atoms with E-state index in [1.807, 2.05) is 0 Å². The maximum Gasteiger partial charge on any atom is 0.453 e. The third kappa shape index (κ3) is 3.85. The van der Waals surface area contributed by atoms with Gasteiger partial charge in [-0.1, -0.05) is 35.5 Å². The Balaban J connectivity index is 1.92. The topological polar surface area (TPSA) is 66.9 Å². The van der Waals surface area contributed by atoms with Gasteiger partial charge in [-0.15, -0.1) is 0 Å². The molecule has 5 nitrogen and oxygen atoms in total. The van der Waals surface area contributed by atoms with Gasteiger partial charge in [0.15, 0.2) is 0 Å². The summed E-state index contributed by atoms with van der Waals surface area (Å²) in [7, 11) is 0. The number of quaternary nitrogens is 1. The minimum absolute atomic E-state index is 0.0401. The number of hydrogen-bond acceptors (Lipinski definition) is 4. The van der Waals surface area contributed by atoms with E-state index in [1.54, 1.807) is 6.07 Å². The number of nitrogens with one attached hydrogen (secondary N) is 1. The lowest BCUT2D eigenvalue weighted by atomic mass is 10.1. The lowest BCUT2D eigenvalue weighted by Gasteiger charge is -2.20. The zero-order chi connectivity index (χ0) is 21.5. The van der Waals surface area contributed by atoms with E-state index in [0.717, 1.165) is 30.8 Å². The van der Waals surface area contributed by atoms with E-state index >= 15 is 0 Å². The van der Waals surface area contributed by atoms with Crippen LogP contribution in [0.1, 0.15) is 24.2 Å². The summed E-state index contributed by atoms with van der Waals surface area (Å²) in [5.41, 5.74) is -1.29. The van der Waals surface area contributed by atoms with Gasteiger partial charge in [-0.2, -0.15) is 13.2 Å². The Labute approximate surface area is 174 Å². The molecule has 0 amide bonds. The predicted molar refractivity (Wildman–Crippen MR) is 102 cm³/mol. The summed E-state index contributed by atoms with van der Waals surface area (Å²) < 4.78 is 51.7. The van der Waals surface area contributed by atoms with Crippen LogP contribution >= 0.6 is 11.6 Å². The van der Waals surface area contributed by atoms with Crippen molar-refractivity contribution in [1.82, 2.24) is 0 Å². The van der Waals surface area contributed by atoms with Gasteiger partial charge in [-0.3, -0.25) is 4.79 Å². The van der Waals surface area contributed by atoms with Crippen molar-refractivity contribution in [3.05, 3.63) is 63.0 Å². The van der Waals surface area contributed by atoms with Crippen LogP contribution in [-0.2, 0) is 12.7 Å². The van der Waals surface area contributed by atoms with Crippen LogP contribution in [0.5, 0.6) is 17.2 Å². The second-order valence-electron chi connectivity index (χ2n) is 7.17. The fraction of sp³-hybridized carbons (Fsp3) is 0.286. The summed E-state index contributed by atoms with van der Waals surface area (Å²) in [6, 6.07) is 8.20. The second kappa shape index (κ2) is 7.85. The number of benzene rings is 2. The number of likely N-dealkylation sites (tertiary alicyclic amines) is 1. The minimum Gasteiger partial charge on any atom is -0.872 e. The molecule has 0 spiro atoms. The van der Waals surface area contributed by atoms with Crippen molar-refractivity contribution < 1.29 is 32.3 Å². The Hall–Kier alpha value is -2.71. The number of fused-ring (bicyclic) bond motifs is 1. The minimum atomic E-state index is -5.01. The van der Waals surface area contributed by atoms with Crippen molar-refractivity contribution in [2.24, 2.45) is 0 Å². The van der Waals surface area contributed by atoms with Gasteiger partial charge >= 0.3 is 6.18 Å². The Bertz CT molecular complexity index is 1150. The summed E-state index contributed by atoms with van der Waals surface area (Å²) in [5.74, 6) is -3.18. The maximum absolute atomic E-state index is 13.8. The largest absolute Gasteiger partial charge is 0.872 e. The average molecular weight is 440 g/mol. The van der Waals surface area contributed by atoms with Crippen molar-refractivity contribution >= 4 is 22.6 Å². The van der Waals surface area contributed by atoms with Crippen molar-refractivity contribution in [3.63, 3.8) is 0 Å². The van der Waals surface area contributed by atoms with Gasteiger partial charge in [-0.05, 0) is 18.2 Å². The van der Waals surface area contributed by atoms with Crippen molar-refractivity contribution in [2.45, 2.75) is 25.6 Å². The number of alkyl halides is 3. The van der Waals surface area contributed by atoms with Gasteiger partial charge < -0.3 is 19.2 Å². The SMILES string of the molecule is O=c1c(Oc2ccccc2Cl)c(C(F)(F)F)oc2c(C[NH+]3CCCC3)c([O-])ccc12. The highest BCUT2D eigenvalue weighted by atomic mass is 35.5. The number of halogens is 4. The Morgan fingerprint density at radius 2 is 1.83 bits per heavy atom. The lowest BCUT2D eigenvalue weighted by Crippen LogP contribution is -3.08. The second-order valence-corrected chi connectivity index (χ2v) is 7.58. The maximum atomic E-state index is 13.8. The molecule has 3 aromatic rings. The first kappa shape index (κ1) is 20.6.